The lowest BCUT2D eigenvalue weighted by atomic mass is 9.94. The smallest absolute Gasteiger partial charge is 0.331 e. The number of H-pyrrole nitrogens is 1. The highest BCUT2D eigenvalue weighted by Gasteiger charge is 2.35. The lowest BCUT2D eigenvalue weighted by Gasteiger charge is -2.22. The van der Waals surface area contributed by atoms with E-state index in [1.807, 2.05) is 49.4 Å². The summed E-state index contributed by atoms with van der Waals surface area (Å²) in [5, 5.41) is 18.5. The number of hydrogen-bond donors (Lipinski definition) is 2. The molecule has 0 fully saturated rings. The second-order valence-electron chi connectivity index (χ2n) is 7.66. The second-order valence-corrected chi connectivity index (χ2v) is 7.66. The summed E-state index contributed by atoms with van der Waals surface area (Å²) in [6, 6.07) is 13.3. The van der Waals surface area contributed by atoms with Gasteiger partial charge in [0.15, 0.2) is 0 Å². The average molecular weight is 420 g/mol. The van der Waals surface area contributed by atoms with Gasteiger partial charge < -0.3 is 5.11 Å². The van der Waals surface area contributed by atoms with Gasteiger partial charge in [-0.05, 0) is 22.8 Å². The largest absolute Gasteiger partial charge is 0.494 e. The highest BCUT2D eigenvalue weighted by Crippen LogP contribution is 2.36. The van der Waals surface area contributed by atoms with Crippen LogP contribution in [0.15, 0.2) is 57.2 Å². The Bertz CT molecular complexity index is 1300. The molecule has 1 aliphatic heterocycles. The van der Waals surface area contributed by atoms with Crippen LogP contribution in [0, 0.1) is 0 Å². The van der Waals surface area contributed by atoms with Crippen LogP contribution in [-0.2, 0) is 11.3 Å². The average Bonchev–Trinajstić information content (AvgIpc) is 3.18. The van der Waals surface area contributed by atoms with Crippen LogP contribution in [0.3, 0.4) is 0 Å². The Labute approximate surface area is 178 Å². The van der Waals surface area contributed by atoms with Crippen molar-refractivity contribution < 1.29 is 9.90 Å². The predicted octanol–water partition coefficient (Wildman–Crippen LogP) is 2.89. The van der Waals surface area contributed by atoms with Gasteiger partial charge in [-0.2, -0.15) is 5.10 Å². The molecule has 0 saturated heterocycles. The first kappa shape index (κ1) is 20.6. The molecule has 0 spiro atoms. The van der Waals surface area contributed by atoms with Gasteiger partial charge in [-0.3, -0.25) is 19.1 Å². The normalized spacial score (nSPS) is 16.0. The summed E-state index contributed by atoms with van der Waals surface area (Å²) in [5.41, 5.74) is -0.257. The lowest BCUT2D eigenvalue weighted by molar-refractivity contribution is -0.130. The first-order valence-electron chi connectivity index (χ1n) is 10.3. The molecule has 8 nitrogen and oxygen atoms in total. The molecule has 1 amide bonds. The van der Waals surface area contributed by atoms with Crippen LogP contribution in [0.2, 0.25) is 0 Å². The topological polar surface area (TPSA) is 108 Å². The fourth-order valence-corrected chi connectivity index (χ4v) is 4.08. The van der Waals surface area contributed by atoms with E-state index in [1.54, 1.807) is 0 Å². The number of nitrogens with one attached hydrogen (secondary N) is 1. The van der Waals surface area contributed by atoms with Crippen molar-refractivity contribution in [1.29, 1.82) is 0 Å². The summed E-state index contributed by atoms with van der Waals surface area (Å²) >= 11 is 0. The molecule has 1 unspecified atom stereocenters. The zero-order chi connectivity index (χ0) is 22.1. The maximum Gasteiger partial charge on any atom is 0.331 e. The van der Waals surface area contributed by atoms with Crippen LogP contribution < -0.4 is 11.2 Å². The summed E-state index contributed by atoms with van der Waals surface area (Å²) in [6.07, 6.45) is 1.74. The number of aromatic hydroxyl groups is 1. The molecule has 160 valence electrons. The molecule has 1 atom stereocenters. The third-order valence-electron chi connectivity index (χ3n) is 5.61. The van der Waals surface area contributed by atoms with Crippen molar-refractivity contribution in [3.8, 4) is 5.88 Å². The number of aromatic nitrogens is 2. The highest BCUT2D eigenvalue weighted by molar-refractivity contribution is 6.04. The molecule has 4 rings (SSSR count). The van der Waals surface area contributed by atoms with Crippen molar-refractivity contribution in [2.24, 2.45) is 5.10 Å². The molecular weight excluding hydrogens is 396 g/mol. The standard InChI is InChI=1S/C23H24N4O4/c1-3-4-12-26-22(30)20(21(29)24-23(26)31)18-13-19(27(25-18)14(2)28)17-11-7-9-15-8-5-6-10-16(15)17/h5-11,19,30H,3-4,12-13H2,1-2H3,(H,24,29,31). The zero-order valence-corrected chi connectivity index (χ0v) is 17.5. The predicted molar refractivity (Wildman–Crippen MR) is 118 cm³/mol. The molecule has 0 saturated carbocycles. The summed E-state index contributed by atoms with van der Waals surface area (Å²) < 4.78 is 1.14. The Morgan fingerprint density at radius 2 is 1.94 bits per heavy atom. The van der Waals surface area contributed by atoms with Crippen LogP contribution in [0.1, 0.15) is 50.3 Å². The molecule has 8 heteroatoms. The summed E-state index contributed by atoms with van der Waals surface area (Å²) in [7, 11) is 0. The van der Waals surface area contributed by atoms with E-state index >= 15 is 0 Å². The van der Waals surface area contributed by atoms with E-state index in [0.717, 1.165) is 27.3 Å². The van der Waals surface area contributed by atoms with Crippen molar-refractivity contribution >= 4 is 22.4 Å². The first-order chi connectivity index (χ1) is 14.9. The SMILES string of the molecule is CCCCn1c(O)c(C2=NN(C(C)=O)C(c3cccc4ccccc34)C2)c(=O)[nH]c1=O. The molecule has 31 heavy (non-hydrogen) atoms. The highest BCUT2D eigenvalue weighted by atomic mass is 16.3. The molecule has 0 aliphatic carbocycles. The van der Waals surface area contributed by atoms with Gasteiger partial charge in [-0.15, -0.1) is 0 Å². The number of benzene rings is 2. The number of carbonyl (C=O) groups is 1. The summed E-state index contributed by atoms with van der Waals surface area (Å²) in [4.78, 5) is 39.4. The van der Waals surface area contributed by atoms with Gasteiger partial charge in [0.1, 0.15) is 5.56 Å². The van der Waals surface area contributed by atoms with Gasteiger partial charge in [-0.25, -0.2) is 9.80 Å². The number of fused-ring (bicyclic) bond motifs is 1. The maximum atomic E-state index is 12.6. The number of carbonyl (C=O) groups excluding carboxylic acids is 1. The van der Waals surface area contributed by atoms with Crippen LogP contribution in [0.5, 0.6) is 5.88 Å². The Kier molecular flexibility index (Phi) is 5.46. The number of aromatic amines is 1. The number of unbranched alkanes of at least 4 members (excludes halogenated alkanes) is 1. The molecular formula is C23H24N4O4. The van der Waals surface area contributed by atoms with Crippen LogP contribution in [0.4, 0.5) is 0 Å². The molecule has 2 aromatic carbocycles. The quantitative estimate of drug-likeness (QED) is 0.662. The van der Waals surface area contributed by atoms with E-state index in [2.05, 4.69) is 10.1 Å². The van der Waals surface area contributed by atoms with Gasteiger partial charge in [-0.1, -0.05) is 55.8 Å². The van der Waals surface area contributed by atoms with Crippen molar-refractivity contribution in [3.05, 3.63) is 74.4 Å². The van der Waals surface area contributed by atoms with E-state index in [0.29, 0.717) is 6.42 Å². The van der Waals surface area contributed by atoms with E-state index in [9.17, 15) is 19.5 Å². The van der Waals surface area contributed by atoms with Crippen molar-refractivity contribution in [2.45, 2.75) is 45.7 Å². The number of hydrogen-bond acceptors (Lipinski definition) is 5. The maximum absolute atomic E-state index is 12.6. The second kappa shape index (κ2) is 8.22. The van der Waals surface area contributed by atoms with E-state index in [-0.39, 0.29) is 30.1 Å². The lowest BCUT2D eigenvalue weighted by Crippen LogP contribution is -2.33. The Morgan fingerprint density at radius 3 is 2.68 bits per heavy atom. The Hall–Kier alpha value is -3.68. The van der Waals surface area contributed by atoms with E-state index in [4.69, 9.17) is 0 Å². The zero-order valence-electron chi connectivity index (χ0n) is 17.5. The van der Waals surface area contributed by atoms with E-state index in [1.165, 1.54) is 11.9 Å². The number of hydrazone groups is 1. The Balaban J connectivity index is 1.82. The number of nitrogens with zero attached hydrogens (tertiary/aromatic N) is 3. The minimum atomic E-state index is -0.712. The first-order valence-corrected chi connectivity index (χ1v) is 10.3. The fraction of sp³-hybridized carbons (Fsp3) is 0.304. The van der Waals surface area contributed by atoms with Crippen LogP contribution >= 0.6 is 0 Å². The van der Waals surface area contributed by atoms with Crippen molar-refractivity contribution in [2.75, 3.05) is 0 Å². The van der Waals surface area contributed by atoms with Crippen molar-refractivity contribution in [3.63, 3.8) is 0 Å². The van der Waals surface area contributed by atoms with Gasteiger partial charge in [0.2, 0.25) is 11.8 Å². The van der Waals surface area contributed by atoms with Gasteiger partial charge in [0.05, 0.1) is 11.8 Å². The molecule has 2 heterocycles. The van der Waals surface area contributed by atoms with Crippen molar-refractivity contribution in [1.82, 2.24) is 14.6 Å². The minimum Gasteiger partial charge on any atom is -0.494 e. The monoisotopic (exact) mass is 420 g/mol. The molecule has 1 aromatic heterocycles. The molecule has 1 aliphatic rings. The number of amides is 1. The van der Waals surface area contributed by atoms with E-state index < -0.39 is 23.2 Å². The molecule has 3 aromatic rings. The Morgan fingerprint density at radius 1 is 1.19 bits per heavy atom. The van der Waals surface area contributed by atoms with Crippen LogP contribution in [0.25, 0.3) is 10.8 Å². The summed E-state index contributed by atoms with van der Waals surface area (Å²) in [6.45, 7) is 3.66. The van der Waals surface area contributed by atoms with Crippen LogP contribution in [-0.4, -0.2) is 31.3 Å². The summed E-state index contributed by atoms with van der Waals surface area (Å²) in [5.74, 6) is -0.689. The third-order valence-corrected chi connectivity index (χ3v) is 5.61. The molecule has 0 radical (unpaired) electrons. The third kappa shape index (κ3) is 3.65. The van der Waals surface area contributed by atoms with Gasteiger partial charge in [0, 0.05) is 19.9 Å². The van der Waals surface area contributed by atoms with Gasteiger partial charge in [0.25, 0.3) is 5.56 Å². The fourth-order valence-electron chi connectivity index (χ4n) is 4.08. The van der Waals surface area contributed by atoms with Gasteiger partial charge >= 0.3 is 5.69 Å². The molecule has 0 bridgehead atoms. The number of rotatable bonds is 5. The molecule has 2 N–H and O–H groups in total. The minimum absolute atomic E-state index is 0.0651.